The number of ether oxygens (including phenoxy) is 3. The lowest BCUT2D eigenvalue weighted by Crippen LogP contribution is -2.46. The summed E-state index contributed by atoms with van der Waals surface area (Å²) in [6.45, 7) is -2.08. The standard InChI is InChI=1S/C23H37N10O18P3/c1-30-6-32(16-10(30)18(37)28-22(24)26-16)20-14(36)12(34)8(48-20)4-46-52(39,40)50-54(43,44)51-53(41,42)47-5-9-13(35)15(45-3)21(49-9)33-7-31(2)11-17(33)27-23(25)29-19(11)38/h8-9,12-15,20-21,34-36H,4-7H2,1-3H3,(H,39,40)(H,41,42)(H,43,44)(H3,24,26,28,37)(H3,25,27,29,38)/t8-,9-,12+,13?,14?,15?,20-,21-/m1/s1. The van der Waals surface area contributed by atoms with E-state index in [2.05, 4.69) is 33.1 Å². The fourth-order valence-electron chi connectivity index (χ4n) is 6.31. The quantitative estimate of drug-likeness (QED) is 0.0861. The van der Waals surface area contributed by atoms with Crippen molar-refractivity contribution in [2.24, 2.45) is 0 Å². The van der Waals surface area contributed by atoms with Gasteiger partial charge in [0.1, 0.15) is 48.0 Å². The minimum Gasteiger partial charge on any atom is -0.387 e. The van der Waals surface area contributed by atoms with Crippen LogP contribution in [0.15, 0.2) is 9.59 Å². The highest BCUT2D eigenvalue weighted by atomic mass is 31.3. The molecule has 0 saturated carbocycles. The van der Waals surface area contributed by atoms with Crippen LogP contribution in [0.1, 0.15) is 0 Å². The molecule has 302 valence electrons. The molecule has 0 aromatic carbocycles. The average molecular weight is 835 g/mol. The van der Waals surface area contributed by atoms with Crippen molar-refractivity contribution >= 4 is 58.4 Å². The van der Waals surface area contributed by atoms with Gasteiger partial charge in [0.15, 0.2) is 24.1 Å². The second kappa shape index (κ2) is 14.7. The molecule has 2 saturated heterocycles. The molecule has 0 bridgehead atoms. The lowest BCUT2D eigenvalue weighted by Gasteiger charge is -2.29. The monoisotopic (exact) mass is 834 g/mol. The second-order valence-electron chi connectivity index (χ2n) is 12.3. The molecular formula is C23H37N10O18P3. The number of nitrogens with two attached hydrogens (primary N) is 2. The Morgan fingerprint density at radius 2 is 1.17 bits per heavy atom. The Morgan fingerprint density at radius 3 is 1.63 bits per heavy atom. The highest BCUT2D eigenvalue weighted by Gasteiger charge is 2.52. The molecule has 2 aromatic rings. The maximum atomic E-state index is 12.6. The van der Waals surface area contributed by atoms with E-state index in [4.69, 9.17) is 30.2 Å². The van der Waals surface area contributed by atoms with Crippen LogP contribution < -0.4 is 42.2 Å². The number of nitrogens with zero attached hydrogens (tertiary/aromatic N) is 6. The van der Waals surface area contributed by atoms with Gasteiger partial charge in [0, 0.05) is 21.2 Å². The van der Waals surface area contributed by atoms with Crippen molar-refractivity contribution < 1.29 is 75.6 Å². The van der Waals surface area contributed by atoms with Gasteiger partial charge in [0.05, 0.1) is 26.6 Å². The van der Waals surface area contributed by atoms with E-state index in [-0.39, 0.29) is 48.2 Å². The van der Waals surface area contributed by atoms with Gasteiger partial charge in [-0.25, -0.2) is 13.7 Å². The summed E-state index contributed by atoms with van der Waals surface area (Å²) < 4.78 is 72.1. The first-order valence-electron chi connectivity index (χ1n) is 15.4. The number of anilines is 6. The lowest BCUT2D eigenvalue weighted by molar-refractivity contribution is -0.0233. The van der Waals surface area contributed by atoms with Crippen LogP contribution in [-0.2, 0) is 45.6 Å². The van der Waals surface area contributed by atoms with Crippen LogP contribution in [0.4, 0.5) is 34.9 Å². The SMILES string of the molecule is COC1C(O)[C@@H](COP(=O)(O)OP(=O)(O)OP(=O)(O)OC[C@H]2O[C@@H](N3CN(C)c4c3nc(N)[nH]c4=O)C(O)[C@H]2O)O[C@H]1N1CN(C)c2c1nc(N)[nH]c2=O. The number of phosphoric ester groups is 2. The number of phosphoric acid groups is 3. The van der Waals surface area contributed by atoms with Crippen LogP contribution in [0.25, 0.3) is 0 Å². The fraction of sp³-hybridized carbons (Fsp3) is 0.652. The molecule has 12 N–H and O–H groups in total. The number of aromatic nitrogens is 4. The van der Waals surface area contributed by atoms with Gasteiger partial charge < -0.3 is 75.3 Å². The number of aliphatic hydroxyl groups is 3. The number of rotatable bonds is 13. The van der Waals surface area contributed by atoms with E-state index >= 15 is 0 Å². The first-order valence-corrected chi connectivity index (χ1v) is 19.9. The van der Waals surface area contributed by atoms with Crippen LogP contribution in [0.5, 0.6) is 0 Å². The maximum absolute atomic E-state index is 12.6. The van der Waals surface area contributed by atoms with Gasteiger partial charge in [0.25, 0.3) is 11.1 Å². The summed E-state index contributed by atoms with van der Waals surface area (Å²) in [5, 5.41) is 32.1. The molecule has 54 heavy (non-hydrogen) atoms. The van der Waals surface area contributed by atoms with Crippen LogP contribution in [0, 0.1) is 0 Å². The van der Waals surface area contributed by atoms with Crippen molar-refractivity contribution in [2.45, 2.75) is 49.1 Å². The fourth-order valence-corrected chi connectivity index (χ4v) is 9.83. The first kappa shape index (κ1) is 40.4. The number of methoxy groups -OCH3 is 1. The molecule has 0 radical (unpaired) electrons. The second-order valence-corrected chi connectivity index (χ2v) is 17.0. The van der Waals surface area contributed by atoms with Gasteiger partial charge in [-0.15, -0.1) is 0 Å². The summed E-state index contributed by atoms with van der Waals surface area (Å²) in [7, 11) is -13.0. The Bertz CT molecular complexity index is 2030. The molecule has 0 amide bonds. The molecule has 4 aliphatic rings. The number of aliphatic hydroxyl groups excluding tert-OH is 3. The molecule has 2 fully saturated rings. The molecule has 4 aliphatic heterocycles. The van der Waals surface area contributed by atoms with E-state index in [0.717, 1.165) is 0 Å². The van der Waals surface area contributed by atoms with Crippen molar-refractivity contribution in [3.63, 3.8) is 0 Å². The Morgan fingerprint density at radius 1 is 0.741 bits per heavy atom. The number of hydrogen-bond acceptors (Lipinski definition) is 23. The lowest BCUT2D eigenvalue weighted by atomic mass is 10.1. The summed E-state index contributed by atoms with van der Waals surface area (Å²) in [5.41, 5.74) is 10.4. The number of nitrogen functional groups attached to an aromatic ring is 2. The third-order valence-electron chi connectivity index (χ3n) is 8.58. The Kier molecular flexibility index (Phi) is 11.0. The Balaban J connectivity index is 1.03. The van der Waals surface area contributed by atoms with Crippen molar-refractivity contribution in [1.82, 2.24) is 19.9 Å². The van der Waals surface area contributed by atoms with E-state index in [1.54, 1.807) is 7.05 Å². The summed E-state index contributed by atoms with van der Waals surface area (Å²) >= 11 is 0. The van der Waals surface area contributed by atoms with E-state index in [1.165, 1.54) is 33.8 Å². The molecule has 6 unspecified atom stereocenters. The molecule has 11 atom stereocenters. The third-order valence-corrected chi connectivity index (χ3v) is 12.8. The largest absolute Gasteiger partial charge is 0.490 e. The summed E-state index contributed by atoms with van der Waals surface area (Å²) in [4.78, 5) is 73.6. The summed E-state index contributed by atoms with van der Waals surface area (Å²) in [6.07, 6.45) is -11.8. The van der Waals surface area contributed by atoms with Crippen molar-refractivity contribution in [2.75, 3.05) is 78.8 Å². The molecular weight excluding hydrogens is 797 g/mol. The molecule has 6 rings (SSSR count). The first-order chi connectivity index (χ1) is 25.1. The number of hydrogen-bond donors (Lipinski definition) is 10. The Labute approximate surface area is 302 Å². The normalized spacial score (nSPS) is 31.4. The molecule has 31 heteroatoms. The highest BCUT2D eigenvalue weighted by Crippen LogP contribution is 2.68. The maximum Gasteiger partial charge on any atom is 0.490 e. The molecule has 0 spiro atoms. The van der Waals surface area contributed by atoms with E-state index in [1.807, 2.05) is 0 Å². The van der Waals surface area contributed by atoms with Gasteiger partial charge in [-0.1, -0.05) is 0 Å². The minimum absolute atomic E-state index is 0.00000366. The Hall–Kier alpha value is -3.27. The zero-order chi connectivity index (χ0) is 39.7. The van der Waals surface area contributed by atoms with Crippen LogP contribution in [0.2, 0.25) is 0 Å². The van der Waals surface area contributed by atoms with E-state index in [0.29, 0.717) is 0 Å². The zero-order valence-corrected chi connectivity index (χ0v) is 30.9. The third kappa shape index (κ3) is 7.88. The summed E-state index contributed by atoms with van der Waals surface area (Å²) in [5.74, 6) is -0.380. The van der Waals surface area contributed by atoms with Crippen molar-refractivity contribution in [3.05, 3.63) is 20.7 Å². The number of H-pyrrole nitrogens is 2. The topological polar surface area (TPSA) is 394 Å². The molecule has 0 aliphatic carbocycles. The zero-order valence-electron chi connectivity index (χ0n) is 28.2. The van der Waals surface area contributed by atoms with Gasteiger partial charge in [-0.2, -0.15) is 18.6 Å². The smallest absolute Gasteiger partial charge is 0.387 e. The van der Waals surface area contributed by atoms with Gasteiger partial charge in [-0.3, -0.25) is 28.6 Å². The van der Waals surface area contributed by atoms with Crippen LogP contribution in [-0.4, -0.2) is 147 Å². The molecule has 2 aromatic heterocycles. The summed E-state index contributed by atoms with van der Waals surface area (Å²) in [6, 6.07) is 0. The predicted molar refractivity (Wildman–Crippen MR) is 180 cm³/mol. The van der Waals surface area contributed by atoms with Crippen molar-refractivity contribution in [3.8, 4) is 0 Å². The predicted octanol–water partition coefficient (Wildman–Crippen LogP) is -3.94. The minimum atomic E-state index is -5.97. The molecule has 6 heterocycles. The molecule has 28 nitrogen and oxygen atoms in total. The van der Waals surface area contributed by atoms with E-state index < -0.39 is 96.9 Å². The van der Waals surface area contributed by atoms with Gasteiger partial charge >= 0.3 is 23.5 Å². The van der Waals surface area contributed by atoms with Crippen LogP contribution >= 0.6 is 23.5 Å². The number of aromatic amines is 2. The van der Waals surface area contributed by atoms with E-state index in [9.17, 15) is 53.3 Å². The number of nitrogens with one attached hydrogen (secondary N) is 2. The van der Waals surface area contributed by atoms with Gasteiger partial charge in [-0.05, 0) is 0 Å². The van der Waals surface area contributed by atoms with Crippen molar-refractivity contribution in [1.29, 1.82) is 0 Å². The van der Waals surface area contributed by atoms with Crippen LogP contribution in [0.3, 0.4) is 0 Å². The van der Waals surface area contributed by atoms with Gasteiger partial charge in [0.2, 0.25) is 11.9 Å². The average Bonchev–Trinajstić information content (AvgIpc) is 3.74. The highest BCUT2D eigenvalue weighted by molar-refractivity contribution is 7.66. The number of fused-ring (bicyclic) bond motifs is 2.